The number of alkyl halides is 1. The minimum Gasteiger partial charge on any atom is -0.145 e. The van der Waals surface area contributed by atoms with Crippen LogP contribution in [0.4, 0.5) is 0 Å². The molecule has 1 heterocycles. The first-order chi connectivity index (χ1) is 5.50. The molecule has 0 nitrogen and oxygen atoms in total. The van der Waals surface area contributed by atoms with Crippen molar-refractivity contribution in [1.82, 2.24) is 0 Å². The molecular formula is C10H13IS. The van der Waals surface area contributed by atoms with Crippen LogP contribution in [0.1, 0.15) is 33.1 Å². The molecule has 66 valence electrons. The van der Waals surface area contributed by atoms with Gasteiger partial charge in [0, 0.05) is 13.7 Å². The van der Waals surface area contributed by atoms with E-state index in [4.69, 9.17) is 0 Å². The SMILES string of the molecule is Cc1cc2c(s1)CC(C)(C)C2I. The lowest BCUT2D eigenvalue weighted by molar-refractivity contribution is 0.396. The van der Waals surface area contributed by atoms with Crippen LogP contribution in [0.15, 0.2) is 6.07 Å². The maximum absolute atomic E-state index is 2.59. The molecule has 1 unspecified atom stereocenters. The fraction of sp³-hybridized carbons (Fsp3) is 0.600. The summed E-state index contributed by atoms with van der Waals surface area (Å²) in [6, 6.07) is 2.37. The van der Waals surface area contributed by atoms with Gasteiger partial charge in [-0.2, -0.15) is 0 Å². The highest BCUT2D eigenvalue weighted by molar-refractivity contribution is 14.1. The molecule has 1 aromatic rings. The van der Waals surface area contributed by atoms with E-state index in [1.54, 1.807) is 10.4 Å². The number of aryl methyl sites for hydroxylation is 1. The third-order valence-corrected chi connectivity index (χ3v) is 5.96. The summed E-state index contributed by atoms with van der Waals surface area (Å²) in [6.07, 6.45) is 1.27. The summed E-state index contributed by atoms with van der Waals surface area (Å²) < 4.78 is 0.718. The van der Waals surface area contributed by atoms with Gasteiger partial charge in [-0.1, -0.05) is 36.4 Å². The van der Waals surface area contributed by atoms with E-state index in [9.17, 15) is 0 Å². The fourth-order valence-electron chi connectivity index (χ4n) is 1.86. The van der Waals surface area contributed by atoms with Gasteiger partial charge in [0.15, 0.2) is 0 Å². The van der Waals surface area contributed by atoms with Gasteiger partial charge in [-0.05, 0) is 30.4 Å². The number of halogens is 1. The summed E-state index contributed by atoms with van der Waals surface area (Å²) in [4.78, 5) is 3.09. The van der Waals surface area contributed by atoms with Crippen LogP contribution in [0.2, 0.25) is 0 Å². The Morgan fingerprint density at radius 3 is 2.83 bits per heavy atom. The quantitative estimate of drug-likeness (QED) is 0.498. The minimum absolute atomic E-state index is 0.482. The summed E-state index contributed by atoms with van der Waals surface area (Å²) >= 11 is 4.56. The number of hydrogen-bond donors (Lipinski definition) is 0. The zero-order valence-electron chi connectivity index (χ0n) is 7.65. The number of fused-ring (bicyclic) bond motifs is 1. The lowest BCUT2D eigenvalue weighted by atomic mass is 9.90. The lowest BCUT2D eigenvalue weighted by Crippen LogP contribution is -2.12. The third-order valence-electron chi connectivity index (χ3n) is 2.54. The molecule has 1 aliphatic rings. The first kappa shape index (κ1) is 9.00. The Labute approximate surface area is 91.5 Å². The van der Waals surface area contributed by atoms with Crippen LogP contribution in [-0.2, 0) is 6.42 Å². The van der Waals surface area contributed by atoms with Gasteiger partial charge in [0.25, 0.3) is 0 Å². The monoisotopic (exact) mass is 292 g/mol. The standard InChI is InChI=1S/C10H13IS/c1-6-4-7-8(12-6)5-10(2,3)9(7)11/h4,9H,5H2,1-3H3. The summed E-state index contributed by atoms with van der Waals surface area (Å²) in [6.45, 7) is 6.94. The van der Waals surface area contributed by atoms with Gasteiger partial charge in [-0.25, -0.2) is 0 Å². The van der Waals surface area contributed by atoms with Gasteiger partial charge in [0.1, 0.15) is 0 Å². The summed E-state index contributed by atoms with van der Waals surface area (Å²) in [5, 5.41) is 0. The molecule has 0 bridgehead atoms. The topological polar surface area (TPSA) is 0 Å². The van der Waals surface area contributed by atoms with Crippen molar-refractivity contribution in [3.05, 3.63) is 21.4 Å². The highest BCUT2D eigenvalue weighted by atomic mass is 127. The van der Waals surface area contributed by atoms with Crippen LogP contribution in [0, 0.1) is 12.3 Å². The van der Waals surface area contributed by atoms with E-state index < -0.39 is 0 Å². The first-order valence-electron chi connectivity index (χ1n) is 4.24. The molecule has 2 heteroatoms. The molecule has 1 aromatic heterocycles. The Hall–Kier alpha value is 0.430. The van der Waals surface area contributed by atoms with Gasteiger partial charge < -0.3 is 0 Å². The predicted octanol–water partition coefficient (Wildman–Crippen LogP) is 4.11. The van der Waals surface area contributed by atoms with Crippen LogP contribution in [-0.4, -0.2) is 0 Å². The minimum atomic E-state index is 0.482. The van der Waals surface area contributed by atoms with Gasteiger partial charge in [-0.15, -0.1) is 11.3 Å². The van der Waals surface area contributed by atoms with Crippen molar-refractivity contribution < 1.29 is 0 Å². The second-order valence-corrected chi connectivity index (χ2v) is 6.85. The van der Waals surface area contributed by atoms with E-state index in [-0.39, 0.29) is 0 Å². The van der Waals surface area contributed by atoms with E-state index >= 15 is 0 Å². The third kappa shape index (κ3) is 1.23. The predicted molar refractivity (Wildman–Crippen MR) is 63.3 cm³/mol. The largest absolute Gasteiger partial charge is 0.145 e. The van der Waals surface area contributed by atoms with Crippen molar-refractivity contribution in [3.63, 3.8) is 0 Å². The van der Waals surface area contributed by atoms with Crippen LogP contribution >= 0.6 is 33.9 Å². The highest BCUT2D eigenvalue weighted by Gasteiger charge is 2.38. The zero-order chi connectivity index (χ0) is 8.93. The van der Waals surface area contributed by atoms with Gasteiger partial charge in [0.2, 0.25) is 0 Å². The number of hydrogen-bond acceptors (Lipinski definition) is 1. The summed E-state index contributed by atoms with van der Waals surface area (Å²) in [7, 11) is 0. The average Bonchev–Trinajstić information content (AvgIpc) is 2.35. The molecular weight excluding hydrogens is 279 g/mol. The Morgan fingerprint density at radius 2 is 2.25 bits per heavy atom. The Morgan fingerprint density at radius 1 is 1.58 bits per heavy atom. The van der Waals surface area contributed by atoms with Crippen LogP contribution in [0.3, 0.4) is 0 Å². The molecule has 1 aliphatic carbocycles. The maximum atomic E-state index is 2.59. The first-order valence-corrected chi connectivity index (χ1v) is 6.30. The molecule has 0 aromatic carbocycles. The summed E-state index contributed by atoms with van der Waals surface area (Å²) in [5.41, 5.74) is 2.08. The molecule has 2 rings (SSSR count). The van der Waals surface area contributed by atoms with Crippen LogP contribution < -0.4 is 0 Å². The molecule has 0 N–H and O–H groups in total. The van der Waals surface area contributed by atoms with Crippen LogP contribution in [0.25, 0.3) is 0 Å². The van der Waals surface area contributed by atoms with Gasteiger partial charge in [0.05, 0.1) is 0 Å². The van der Waals surface area contributed by atoms with E-state index in [0.717, 1.165) is 3.92 Å². The smallest absolute Gasteiger partial charge is 0.0425 e. The number of rotatable bonds is 0. The van der Waals surface area contributed by atoms with Crippen molar-refractivity contribution >= 4 is 33.9 Å². The molecule has 0 aliphatic heterocycles. The lowest BCUT2D eigenvalue weighted by Gasteiger charge is -2.22. The zero-order valence-corrected chi connectivity index (χ0v) is 10.6. The molecule has 0 spiro atoms. The van der Waals surface area contributed by atoms with Gasteiger partial charge >= 0.3 is 0 Å². The molecule has 1 atom stereocenters. The molecule has 0 radical (unpaired) electrons. The average molecular weight is 292 g/mol. The Bertz CT molecular complexity index is 312. The second-order valence-electron chi connectivity index (χ2n) is 4.26. The molecule has 12 heavy (non-hydrogen) atoms. The second kappa shape index (κ2) is 2.71. The fourth-order valence-corrected chi connectivity index (χ4v) is 4.16. The van der Waals surface area contributed by atoms with E-state index in [1.807, 2.05) is 11.3 Å². The van der Waals surface area contributed by atoms with Crippen molar-refractivity contribution in [2.75, 3.05) is 0 Å². The normalized spacial score (nSPS) is 25.8. The van der Waals surface area contributed by atoms with E-state index in [0.29, 0.717) is 5.41 Å². The maximum Gasteiger partial charge on any atom is 0.0425 e. The van der Waals surface area contributed by atoms with Crippen molar-refractivity contribution in [1.29, 1.82) is 0 Å². The van der Waals surface area contributed by atoms with Crippen molar-refractivity contribution in [2.45, 2.75) is 31.1 Å². The van der Waals surface area contributed by atoms with E-state index in [2.05, 4.69) is 49.4 Å². The Balaban J connectivity index is 2.46. The molecule has 0 saturated carbocycles. The highest BCUT2D eigenvalue weighted by Crippen LogP contribution is 2.53. The molecule has 0 saturated heterocycles. The van der Waals surface area contributed by atoms with E-state index in [1.165, 1.54) is 11.3 Å². The molecule has 0 fully saturated rings. The van der Waals surface area contributed by atoms with Crippen LogP contribution in [0.5, 0.6) is 0 Å². The van der Waals surface area contributed by atoms with Gasteiger partial charge in [-0.3, -0.25) is 0 Å². The molecule has 0 amide bonds. The summed E-state index contributed by atoms with van der Waals surface area (Å²) in [5.74, 6) is 0. The van der Waals surface area contributed by atoms with Crippen molar-refractivity contribution in [2.24, 2.45) is 5.41 Å². The Kier molecular flexibility index (Phi) is 2.03. The van der Waals surface area contributed by atoms with Crippen molar-refractivity contribution in [3.8, 4) is 0 Å². The number of thiophene rings is 1.